The van der Waals surface area contributed by atoms with Crippen LogP contribution in [-0.4, -0.2) is 48.0 Å². The Morgan fingerprint density at radius 2 is 2.14 bits per heavy atom. The van der Waals surface area contributed by atoms with E-state index in [9.17, 15) is 14.9 Å². The molecular weight excluding hydrogens is 356 g/mol. The number of primary amides is 1. The summed E-state index contributed by atoms with van der Waals surface area (Å²) in [4.78, 5) is 25.9. The Morgan fingerprint density at radius 1 is 1.36 bits per heavy atom. The van der Waals surface area contributed by atoms with E-state index in [0.717, 1.165) is 31.2 Å². The molecule has 0 saturated carbocycles. The second-order valence-corrected chi connectivity index (χ2v) is 7.89. The van der Waals surface area contributed by atoms with Gasteiger partial charge in [-0.25, -0.2) is 0 Å². The first kappa shape index (κ1) is 20.2. The number of hydrogen-bond acceptors (Lipinski definition) is 5. The van der Waals surface area contributed by atoms with Crippen LogP contribution in [0.3, 0.4) is 0 Å². The fraction of sp³-hybridized carbons (Fsp3) is 0.571. The van der Waals surface area contributed by atoms with Crippen molar-refractivity contribution in [1.29, 1.82) is 5.26 Å². The maximum absolute atomic E-state index is 12.7. The van der Waals surface area contributed by atoms with Gasteiger partial charge in [0.05, 0.1) is 12.1 Å². The molecule has 2 fully saturated rings. The van der Waals surface area contributed by atoms with Gasteiger partial charge in [0.2, 0.25) is 11.8 Å². The number of nitrogens with two attached hydrogens (primary N) is 1. The molecule has 2 amide bonds. The maximum atomic E-state index is 12.7. The van der Waals surface area contributed by atoms with E-state index in [-0.39, 0.29) is 30.0 Å². The molecule has 0 bridgehead atoms. The molecule has 2 aliphatic rings. The molecule has 1 aromatic carbocycles. The van der Waals surface area contributed by atoms with Crippen molar-refractivity contribution in [1.82, 2.24) is 10.2 Å². The van der Waals surface area contributed by atoms with Crippen molar-refractivity contribution >= 4 is 11.8 Å². The van der Waals surface area contributed by atoms with Crippen molar-refractivity contribution in [3.8, 4) is 11.8 Å². The zero-order valence-electron chi connectivity index (χ0n) is 16.5. The van der Waals surface area contributed by atoms with E-state index in [1.807, 2.05) is 6.07 Å². The van der Waals surface area contributed by atoms with Crippen molar-refractivity contribution in [3.63, 3.8) is 0 Å². The molecule has 3 atom stereocenters. The average molecular weight is 384 g/mol. The highest BCUT2D eigenvalue weighted by atomic mass is 16.5. The highest BCUT2D eigenvalue weighted by Crippen LogP contribution is 2.28. The van der Waals surface area contributed by atoms with Gasteiger partial charge >= 0.3 is 0 Å². The Bertz CT molecular complexity index is 786. The smallest absolute Gasteiger partial charge is 0.248 e. The molecule has 7 nitrogen and oxygen atoms in total. The molecule has 2 heterocycles. The minimum absolute atomic E-state index is 0.0187. The summed E-state index contributed by atoms with van der Waals surface area (Å²) in [6.07, 6.45) is 3.21. The van der Waals surface area contributed by atoms with Gasteiger partial charge < -0.3 is 15.4 Å². The lowest BCUT2D eigenvalue weighted by molar-refractivity contribution is -0.133. The van der Waals surface area contributed by atoms with Crippen LogP contribution in [0.15, 0.2) is 18.2 Å². The second kappa shape index (κ2) is 8.61. The van der Waals surface area contributed by atoms with Crippen molar-refractivity contribution in [2.75, 3.05) is 13.2 Å². The topological polar surface area (TPSA) is 108 Å². The summed E-state index contributed by atoms with van der Waals surface area (Å²) in [5.41, 5.74) is 6.83. The molecule has 0 radical (unpaired) electrons. The Hall–Kier alpha value is -2.59. The molecule has 28 heavy (non-hydrogen) atoms. The molecule has 0 aliphatic carbocycles. The van der Waals surface area contributed by atoms with E-state index in [1.165, 1.54) is 0 Å². The van der Waals surface area contributed by atoms with Gasteiger partial charge in [0, 0.05) is 18.2 Å². The van der Waals surface area contributed by atoms with Gasteiger partial charge in [-0.15, -0.1) is 0 Å². The lowest BCUT2D eigenvalue weighted by Gasteiger charge is -2.24. The maximum Gasteiger partial charge on any atom is 0.248 e. The van der Waals surface area contributed by atoms with Crippen LogP contribution in [0, 0.1) is 11.3 Å². The highest BCUT2D eigenvalue weighted by Gasteiger charge is 2.37. The molecule has 2 saturated heterocycles. The number of nitrogens with one attached hydrogen (secondary N) is 1. The predicted octanol–water partition coefficient (Wildman–Crippen LogP) is 1.92. The van der Waals surface area contributed by atoms with E-state index in [2.05, 4.69) is 25.2 Å². The fourth-order valence-electron chi connectivity index (χ4n) is 3.99. The predicted molar refractivity (Wildman–Crippen MR) is 105 cm³/mol. The van der Waals surface area contributed by atoms with Crippen LogP contribution in [0.1, 0.15) is 61.4 Å². The van der Waals surface area contributed by atoms with Gasteiger partial charge in [-0.1, -0.05) is 19.9 Å². The minimum atomic E-state index is -0.484. The molecule has 2 aliphatic heterocycles. The van der Waals surface area contributed by atoms with Gasteiger partial charge in [0.25, 0.3) is 0 Å². The summed E-state index contributed by atoms with van der Waals surface area (Å²) in [6.45, 7) is 5.20. The van der Waals surface area contributed by atoms with Crippen LogP contribution >= 0.6 is 0 Å². The average Bonchev–Trinajstić information content (AvgIpc) is 3.34. The number of rotatable bonds is 6. The molecule has 150 valence electrons. The molecular formula is C21H28N4O3. The van der Waals surface area contributed by atoms with E-state index >= 15 is 0 Å². The number of likely N-dealkylation sites (tertiary alicyclic amines) is 1. The Labute approximate surface area is 165 Å². The summed E-state index contributed by atoms with van der Waals surface area (Å²) >= 11 is 0. The van der Waals surface area contributed by atoms with E-state index < -0.39 is 5.91 Å². The monoisotopic (exact) mass is 384 g/mol. The van der Waals surface area contributed by atoms with Crippen molar-refractivity contribution in [3.05, 3.63) is 29.3 Å². The van der Waals surface area contributed by atoms with Gasteiger partial charge in [0.1, 0.15) is 18.4 Å². The number of carbonyl (C=O) groups excluding carboxylic acids is 2. The first-order valence-electron chi connectivity index (χ1n) is 9.93. The number of hydrogen-bond donors (Lipinski definition) is 2. The SMILES string of the molecule is CC(C)c1ccc(C(N)=O)cc1OC[C@H]1CC[C@@H](C(=O)N2CCC[C@H]2C#N)N1. The number of carbonyl (C=O) groups is 2. The van der Waals surface area contributed by atoms with Crippen LogP contribution in [-0.2, 0) is 4.79 Å². The first-order valence-corrected chi connectivity index (χ1v) is 9.93. The Morgan fingerprint density at radius 3 is 2.82 bits per heavy atom. The molecule has 0 spiro atoms. The zero-order chi connectivity index (χ0) is 20.3. The third kappa shape index (κ3) is 4.28. The normalized spacial score (nSPS) is 24.4. The molecule has 3 rings (SSSR count). The number of benzene rings is 1. The summed E-state index contributed by atoms with van der Waals surface area (Å²) in [6, 6.07) is 7.00. The van der Waals surface area contributed by atoms with Crippen molar-refractivity contribution < 1.29 is 14.3 Å². The van der Waals surface area contributed by atoms with Gasteiger partial charge in [-0.2, -0.15) is 5.26 Å². The van der Waals surface area contributed by atoms with Gasteiger partial charge in [-0.3, -0.25) is 14.9 Å². The molecule has 0 unspecified atom stereocenters. The van der Waals surface area contributed by atoms with Crippen LogP contribution < -0.4 is 15.8 Å². The van der Waals surface area contributed by atoms with E-state index in [1.54, 1.807) is 17.0 Å². The molecule has 0 aromatic heterocycles. The highest BCUT2D eigenvalue weighted by molar-refractivity contribution is 5.93. The minimum Gasteiger partial charge on any atom is -0.492 e. The largest absolute Gasteiger partial charge is 0.492 e. The van der Waals surface area contributed by atoms with Crippen LogP contribution in [0.25, 0.3) is 0 Å². The standard InChI is InChI=1S/C21H28N4O3/c1-13(2)17-7-5-14(20(23)26)10-19(17)28-12-15-6-8-18(24-15)21(27)25-9-3-4-16(25)11-22/h5,7,10,13,15-16,18,24H,3-4,6,8-9,12H2,1-2H3,(H2,23,26)/t15-,16+,18+/m1/s1. The fourth-order valence-corrected chi connectivity index (χ4v) is 3.99. The summed E-state index contributed by atoms with van der Waals surface area (Å²) in [7, 11) is 0. The number of ether oxygens (including phenoxy) is 1. The molecule has 1 aromatic rings. The zero-order valence-corrected chi connectivity index (χ0v) is 16.5. The third-order valence-electron chi connectivity index (χ3n) is 5.58. The van der Waals surface area contributed by atoms with E-state index in [4.69, 9.17) is 10.5 Å². The van der Waals surface area contributed by atoms with Crippen LogP contribution in [0.2, 0.25) is 0 Å². The van der Waals surface area contributed by atoms with Crippen LogP contribution in [0.5, 0.6) is 5.75 Å². The summed E-state index contributed by atoms with van der Waals surface area (Å²) in [5.74, 6) is 0.445. The first-order chi connectivity index (χ1) is 13.4. The number of nitrogens with zero attached hydrogens (tertiary/aromatic N) is 2. The van der Waals surface area contributed by atoms with Crippen molar-refractivity contribution in [2.45, 2.75) is 63.6 Å². The molecule has 7 heteroatoms. The quantitative estimate of drug-likeness (QED) is 0.779. The van der Waals surface area contributed by atoms with E-state index in [0.29, 0.717) is 24.5 Å². The second-order valence-electron chi connectivity index (χ2n) is 7.89. The van der Waals surface area contributed by atoms with Gasteiger partial charge in [0.15, 0.2) is 0 Å². The summed E-state index contributed by atoms with van der Waals surface area (Å²) in [5, 5.41) is 12.6. The van der Waals surface area contributed by atoms with Crippen LogP contribution in [0.4, 0.5) is 0 Å². The van der Waals surface area contributed by atoms with Crippen molar-refractivity contribution in [2.24, 2.45) is 5.73 Å². The Kier molecular flexibility index (Phi) is 6.20. The summed E-state index contributed by atoms with van der Waals surface area (Å²) < 4.78 is 6.02. The number of nitriles is 1. The lowest BCUT2D eigenvalue weighted by Crippen LogP contribution is -2.47. The van der Waals surface area contributed by atoms with Gasteiger partial charge in [-0.05, 0) is 49.3 Å². The third-order valence-corrected chi connectivity index (χ3v) is 5.58. The number of amides is 2. The molecule has 3 N–H and O–H groups in total. The lowest BCUT2D eigenvalue weighted by atomic mass is 10.00. The Balaban J connectivity index is 1.60.